The fourth-order valence-electron chi connectivity index (χ4n) is 3.66. The van der Waals surface area contributed by atoms with Crippen LogP contribution in [0.4, 0.5) is 8.78 Å². The van der Waals surface area contributed by atoms with Crippen LogP contribution >= 0.6 is 0 Å². The second-order valence-electron chi connectivity index (χ2n) is 6.53. The van der Waals surface area contributed by atoms with Gasteiger partial charge in [-0.2, -0.15) is 0 Å². The molecule has 2 rings (SSSR count). The molecule has 0 radical (unpaired) electrons. The molecule has 0 aliphatic heterocycles. The van der Waals surface area contributed by atoms with Gasteiger partial charge in [0.1, 0.15) is 11.6 Å². The summed E-state index contributed by atoms with van der Waals surface area (Å²) < 4.78 is 27.8. The number of rotatable bonds is 6. The molecular weight excluding hydrogens is 266 g/mol. The minimum Gasteiger partial charge on any atom is -0.207 e. The summed E-state index contributed by atoms with van der Waals surface area (Å²) in [5.41, 5.74) is 1.10. The van der Waals surface area contributed by atoms with Crippen LogP contribution in [0.25, 0.3) is 0 Å². The molecule has 1 aliphatic rings. The van der Waals surface area contributed by atoms with Gasteiger partial charge in [0, 0.05) is 5.56 Å². The van der Waals surface area contributed by atoms with Crippen LogP contribution in [0, 0.1) is 17.6 Å². The Kier molecular flexibility index (Phi) is 6.20. The number of hydrogen-bond donors (Lipinski definition) is 0. The molecule has 1 saturated carbocycles. The van der Waals surface area contributed by atoms with Crippen LogP contribution in [0.2, 0.25) is 0 Å². The first-order valence-electron chi connectivity index (χ1n) is 8.63. The fourth-order valence-corrected chi connectivity index (χ4v) is 3.66. The first-order valence-corrected chi connectivity index (χ1v) is 8.63. The van der Waals surface area contributed by atoms with E-state index >= 15 is 0 Å². The molecular formula is C19H28F2. The van der Waals surface area contributed by atoms with Gasteiger partial charge in [-0.15, -0.1) is 0 Å². The van der Waals surface area contributed by atoms with Gasteiger partial charge in [-0.1, -0.05) is 39.5 Å². The number of hydrogen-bond acceptors (Lipinski definition) is 0. The van der Waals surface area contributed by atoms with Crippen molar-refractivity contribution < 1.29 is 8.78 Å². The normalized spacial score (nSPS) is 22.5. The molecule has 1 aromatic carbocycles. The van der Waals surface area contributed by atoms with Crippen LogP contribution in [0.5, 0.6) is 0 Å². The van der Waals surface area contributed by atoms with Crippen molar-refractivity contribution in [3.05, 3.63) is 34.9 Å². The van der Waals surface area contributed by atoms with Crippen molar-refractivity contribution in [1.29, 1.82) is 0 Å². The second-order valence-corrected chi connectivity index (χ2v) is 6.53. The van der Waals surface area contributed by atoms with Crippen molar-refractivity contribution in [3.8, 4) is 0 Å². The van der Waals surface area contributed by atoms with Gasteiger partial charge in [-0.05, 0) is 61.6 Å². The van der Waals surface area contributed by atoms with E-state index in [2.05, 4.69) is 6.92 Å². The SMILES string of the molecule is CCCCC[C@H]1CC[C@H](c2cc(F)c(CC)c(F)c2)CC1. The molecule has 0 amide bonds. The van der Waals surface area contributed by atoms with E-state index in [1.807, 2.05) is 0 Å². The third-order valence-electron chi connectivity index (χ3n) is 5.05. The Hall–Kier alpha value is -0.920. The molecule has 0 N–H and O–H groups in total. The maximum absolute atomic E-state index is 13.9. The number of unbranched alkanes of at least 4 members (excludes halogenated alkanes) is 2. The second kappa shape index (κ2) is 7.91. The number of halogens is 2. The predicted octanol–water partition coefficient (Wildman–Crippen LogP) is 6.38. The average Bonchev–Trinajstić information content (AvgIpc) is 2.48. The molecule has 0 saturated heterocycles. The highest BCUT2D eigenvalue weighted by molar-refractivity contribution is 5.29. The summed E-state index contributed by atoms with van der Waals surface area (Å²) in [6, 6.07) is 3.15. The quantitative estimate of drug-likeness (QED) is 0.534. The highest BCUT2D eigenvalue weighted by atomic mass is 19.1. The van der Waals surface area contributed by atoms with E-state index in [-0.39, 0.29) is 17.2 Å². The zero-order chi connectivity index (χ0) is 15.2. The lowest BCUT2D eigenvalue weighted by Crippen LogP contribution is -2.14. The Balaban J connectivity index is 1.93. The van der Waals surface area contributed by atoms with Crippen LogP contribution in [-0.2, 0) is 6.42 Å². The third kappa shape index (κ3) is 4.28. The van der Waals surface area contributed by atoms with Gasteiger partial charge in [-0.3, -0.25) is 0 Å². The smallest absolute Gasteiger partial charge is 0.129 e. The van der Waals surface area contributed by atoms with Crippen LogP contribution in [-0.4, -0.2) is 0 Å². The van der Waals surface area contributed by atoms with Gasteiger partial charge in [0.2, 0.25) is 0 Å². The van der Waals surface area contributed by atoms with Crippen molar-refractivity contribution in [2.75, 3.05) is 0 Å². The molecule has 21 heavy (non-hydrogen) atoms. The predicted molar refractivity (Wildman–Crippen MR) is 84.6 cm³/mol. The standard InChI is InChI=1S/C19H28F2/c1-3-5-6-7-14-8-10-15(11-9-14)16-12-18(20)17(4-2)19(21)13-16/h12-15H,3-11H2,1-2H3/t14-,15-. The van der Waals surface area contributed by atoms with E-state index in [1.165, 1.54) is 38.5 Å². The van der Waals surface area contributed by atoms with Gasteiger partial charge in [0.05, 0.1) is 0 Å². The van der Waals surface area contributed by atoms with Crippen LogP contribution in [0.15, 0.2) is 12.1 Å². The van der Waals surface area contributed by atoms with E-state index in [4.69, 9.17) is 0 Å². The average molecular weight is 294 g/mol. The summed E-state index contributed by atoms with van der Waals surface area (Å²) in [7, 11) is 0. The molecule has 1 aromatic rings. The molecule has 0 bridgehead atoms. The van der Waals surface area contributed by atoms with Crippen molar-refractivity contribution in [2.45, 2.75) is 77.6 Å². The van der Waals surface area contributed by atoms with Crippen molar-refractivity contribution in [2.24, 2.45) is 5.92 Å². The largest absolute Gasteiger partial charge is 0.207 e. The lowest BCUT2D eigenvalue weighted by Gasteiger charge is -2.29. The highest BCUT2D eigenvalue weighted by Crippen LogP contribution is 2.38. The van der Waals surface area contributed by atoms with E-state index in [9.17, 15) is 8.78 Å². The zero-order valence-corrected chi connectivity index (χ0v) is 13.4. The van der Waals surface area contributed by atoms with Gasteiger partial charge in [-0.25, -0.2) is 8.78 Å². The third-order valence-corrected chi connectivity index (χ3v) is 5.05. The lowest BCUT2D eigenvalue weighted by molar-refractivity contribution is 0.302. The Morgan fingerprint density at radius 1 is 0.952 bits per heavy atom. The lowest BCUT2D eigenvalue weighted by atomic mass is 9.77. The summed E-state index contributed by atoms with van der Waals surface area (Å²) >= 11 is 0. The molecule has 0 unspecified atom stereocenters. The maximum Gasteiger partial charge on any atom is 0.129 e. The molecule has 0 heterocycles. The van der Waals surface area contributed by atoms with E-state index in [0.717, 1.165) is 24.3 Å². The molecule has 1 aliphatic carbocycles. The van der Waals surface area contributed by atoms with Crippen molar-refractivity contribution in [1.82, 2.24) is 0 Å². The molecule has 0 nitrogen and oxygen atoms in total. The maximum atomic E-state index is 13.9. The summed E-state index contributed by atoms with van der Waals surface area (Å²) in [5.74, 6) is 0.454. The van der Waals surface area contributed by atoms with Gasteiger partial charge < -0.3 is 0 Å². The molecule has 1 fully saturated rings. The van der Waals surface area contributed by atoms with E-state index < -0.39 is 0 Å². The Morgan fingerprint density at radius 3 is 2.10 bits per heavy atom. The summed E-state index contributed by atoms with van der Waals surface area (Å²) in [6.45, 7) is 4.03. The Morgan fingerprint density at radius 2 is 1.57 bits per heavy atom. The highest BCUT2D eigenvalue weighted by Gasteiger charge is 2.23. The monoisotopic (exact) mass is 294 g/mol. The molecule has 0 aromatic heterocycles. The van der Waals surface area contributed by atoms with Crippen molar-refractivity contribution in [3.63, 3.8) is 0 Å². The minimum atomic E-state index is -0.363. The molecule has 118 valence electrons. The summed E-state index contributed by atoms with van der Waals surface area (Å²) in [4.78, 5) is 0. The van der Waals surface area contributed by atoms with Gasteiger partial charge in [0.25, 0.3) is 0 Å². The van der Waals surface area contributed by atoms with Gasteiger partial charge in [0.15, 0.2) is 0 Å². The van der Waals surface area contributed by atoms with Crippen molar-refractivity contribution >= 4 is 0 Å². The molecule has 0 atom stereocenters. The zero-order valence-electron chi connectivity index (χ0n) is 13.4. The summed E-state index contributed by atoms with van der Waals surface area (Å²) in [5, 5.41) is 0. The van der Waals surface area contributed by atoms with Gasteiger partial charge >= 0.3 is 0 Å². The Labute approximate surface area is 128 Å². The minimum absolute atomic E-state index is 0.229. The van der Waals surface area contributed by atoms with E-state index in [0.29, 0.717) is 12.3 Å². The first-order chi connectivity index (χ1) is 10.2. The number of benzene rings is 1. The first kappa shape index (κ1) is 16.5. The van der Waals surface area contributed by atoms with Crippen LogP contribution < -0.4 is 0 Å². The molecule has 2 heteroatoms. The molecule has 0 spiro atoms. The topological polar surface area (TPSA) is 0 Å². The van der Waals surface area contributed by atoms with E-state index in [1.54, 1.807) is 19.1 Å². The fraction of sp³-hybridized carbons (Fsp3) is 0.684. The Bertz CT molecular complexity index is 422. The van der Waals surface area contributed by atoms with Crippen LogP contribution in [0.3, 0.4) is 0 Å². The summed E-state index contributed by atoms with van der Waals surface area (Å²) in [6.07, 6.45) is 10.3. The van der Waals surface area contributed by atoms with Crippen LogP contribution in [0.1, 0.15) is 82.3 Å².